The monoisotopic (exact) mass is 351 g/mol. The first-order chi connectivity index (χ1) is 12.2. The fourth-order valence-electron chi connectivity index (χ4n) is 2.47. The highest BCUT2D eigenvalue weighted by Crippen LogP contribution is 2.27. The number of fused-ring (bicyclic) bond motifs is 1. The number of methoxy groups -OCH3 is 1. The van der Waals surface area contributed by atoms with Crippen molar-refractivity contribution in [2.24, 2.45) is 5.92 Å². The maximum atomic E-state index is 13.1. The average Bonchev–Trinajstić information content (AvgIpc) is 2.66. The van der Waals surface area contributed by atoms with Gasteiger partial charge in [-0.2, -0.15) is 5.26 Å². The minimum atomic E-state index is -0.151. The van der Waals surface area contributed by atoms with Crippen molar-refractivity contribution in [3.63, 3.8) is 0 Å². The summed E-state index contributed by atoms with van der Waals surface area (Å²) in [4.78, 5) is 17.8. The summed E-state index contributed by atoms with van der Waals surface area (Å²) >= 11 is 1.40. The van der Waals surface area contributed by atoms with Gasteiger partial charge in [-0.3, -0.25) is 9.36 Å². The van der Waals surface area contributed by atoms with Gasteiger partial charge in [0.2, 0.25) is 0 Å². The molecule has 0 saturated carbocycles. The summed E-state index contributed by atoms with van der Waals surface area (Å²) in [6, 6.07) is 16.8. The van der Waals surface area contributed by atoms with Gasteiger partial charge in [-0.1, -0.05) is 36.0 Å². The molecule has 3 aromatic rings. The molecule has 1 aromatic heterocycles. The third-order valence-corrected chi connectivity index (χ3v) is 4.95. The third-order valence-electron chi connectivity index (χ3n) is 3.75. The number of nitrogens with zero attached hydrogens (tertiary/aromatic N) is 3. The van der Waals surface area contributed by atoms with Crippen LogP contribution in [0.25, 0.3) is 16.6 Å². The largest absolute Gasteiger partial charge is 0.495 e. The molecule has 0 aliphatic rings. The molecule has 0 aliphatic heterocycles. The summed E-state index contributed by atoms with van der Waals surface area (Å²) in [5.41, 5.74) is 1.13. The van der Waals surface area contributed by atoms with E-state index in [1.807, 2.05) is 49.4 Å². The van der Waals surface area contributed by atoms with Crippen molar-refractivity contribution in [3.05, 3.63) is 58.9 Å². The Morgan fingerprint density at radius 2 is 1.96 bits per heavy atom. The summed E-state index contributed by atoms with van der Waals surface area (Å²) in [6.45, 7) is 1.85. The molecule has 0 saturated heterocycles. The number of benzene rings is 2. The lowest BCUT2D eigenvalue weighted by Crippen LogP contribution is -2.22. The van der Waals surface area contributed by atoms with E-state index in [0.717, 1.165) is 0 Å². The highest BCUT2D eigenvalue weighted by Gasteiger charge is 2.16. The lowest BCUT2D eigenvalue weighted by Gasteiger charge is -2.16. The van der Waals surface area contributed by atoms with Crippen LogP contribution < -0.4 is 10.3 Å². The van der Waals surface area contributed by atoms with E-state index < -0.39 is 0 Å². The fourth-order valence-corrected chi connectivity index (χ4v) is 3.42. The maximum absolute atomic E-state index is 13.1. The van der Waals surface area contributed by atoms with Crippen LogP contribution in [0.5, 0.6) is 5.75 Å². The van der Waals surface area contributed by atoms with Crippen molar-refractivity contribution in [1.82, 2.24) is 9.55 Å². The Hall–Kier alpha value is -2.78. The van der Waals surface area contributed by atoms with Crippen LogP contribution in [0.1, 0.15) is 6.92 Å². The fraction of sp³-hybridized carbons (Fsp3) is 0.211. The molecule has 1 atom stereocenters. The maximum Gasteiger partial charge on any atom is 0.266 e. The summed E-state index contributed by atoms with van der Waals surface area (Å²) in [5, 5.41) is 10.1. The number of hydrogen-bond acceptors (Lipinski definition) is 5. The van der Waals surface area contributed by atoms with Crippen LogP contribution in [-0.2, 0) is 0 Å². The zero-order valence-electron chi connectivity index (χ0n) is 14.0. The van der Waals surface area contributed by atoms with E-state index in [0.29, 0.717) is 33.2 Å². The van der Waals surface area contributed by atoms with E-state index in [4.69, 9.17) is 10.00 Å². The zero-order valence-corrected chi connectivity index (χ0v) is 14.8. The van der Waals surface area contributed by atoms with Gasteiger partial charge in [0, 0.05) is 5.75 Å². The molecular weight excluding hydrogens is 334 g/mol. The molecule has 0 N–H and O–H groups in total. The van der Waals surface area contributed by atoms with E-state index in [1.54, 1.807) is 17.7 Å². The number of thioether (sulfide) groups is 1. The van der Waals surface area contributed by atoms with Crippen LogP contribution in [0.15, 0.2) is 58.5 Å². The zero-order chi connectivity index (χ0) is 17.8. The standard InChI is InChI=1S/C19H17N3O2S/c1-13(11-20)12-25-19-21-15-8-4-3-7-14(15)18(23)22(19)16-9-5-6-10-17(16)24-2/h3-10,13H,12H2,1-2H3/t13-/m0/s1. The molecule has 0 bridgehead atoms. The van der Waals surface area contributed by atoms with Crippen molar-refractivity contribution in [1.29, 1.82) is 5.26 Å². The molecule has 126 valence electrons. The highest BCUT2D eigenvalue weighted by atomic mass is 32.2. The van der Waals surface area contributed by atoms with Gasteiger partial charge in [-0.25, -0.2) is 4.98 Å². The molecule has 0 aliphatic carbocycles. The van der Waals surface area contributed by atoms with Crippen LogP contribution in [-0.4, -0.2) is 22.4 Å². The average molecular weight is 351 g/mol. The van der Waals surface area contributed by atoms with Crippen LogP contribution in [0, 0.1) is 17.2 Å². The second-order valence-corrected chi connectivity index (χ2v) is 6.55. The van der Waals surface area contributed by atoms with E-state index >= 15 is 0 Å². The van der Waals surface area contributed by atoms with Crippen molar-refractivity contribution in [2.75, 3.05) is 12.9 Å². The van der Waals surface area contributed by atoms with E-state index in [1.165, 1.54) is 11.8 Å². The van der Waals surface area contributed by atoms with Crippen molar-refractivity contribution < 1.29 is 4.74 Å². The van der Waals surface area contributed by atoms with Crippen molar-refractivity contribution in [3.8, 4) is 17.5 Å². The predicted octanol–water partition coefficient (Wildman–Crippen LogP) is 3.65. The Morgan fingerprint density at radius 1 is 1.24 bits per heavy atom. The number of aromatic nitrogens is 2. The van der Waals surface area contributed by atoms with Crippen molar-refractivity contribution >= 4 is 22.7 Å². The summed E-state index contributed by atoms with van der Waals surface area (Å²) in [5.74, 6) is 1.01. The summed E-state index contributed by atoms with van der Waals surface area (Å²) in [7, 11) is 1.57. The molecule has 0 fully saturated rings. The molecule has 0 spiro atoms. The molecule has 25 heavy (non-hydrogen) atoms. The van der Waals surface area contributed by atoms with Gasteiger partial charge in [0.15, 0.2) is 5.16 Å². The summed E-state index contributed by atoms with van der Waals surface area (Å²) < 4.78 is 6.98. The third kappa shape index (κ3) is 3.37. The first-order valence-electron chi connectivity index (χ1n) is 7.83. The second kappa shape index (κ2) is 7.41. The van der Waals surface area contributed by atoms with Crippen LogP contribution in [0.3, 0.4) is 0 Å². The Bertz CT molecular complexity index is 1010. The Morgan fingerprint density at radius 3 is 2.72 bits per heavy atom. The number of hydrogen-bond donors (Lipinski definition) is 0. The topological polar surface area (TPSA) is 67.9 Å². The van der Waals surface area contributed by atoms with Crippen molar-refractivity contribution in [2.45, 2.75) is 12.1 Å². The SMILES string of the molecule is COc1ccccc1-n1c(SC[C@@H](C)C#N)nc2ccccc2c1=O. The molecule has 0 unspecified atom stereocenters. The molecule has 1 heterocycles. The van der Waals surface area contributed by atoms with Gasteiger partial charge in [-0.05, 0) is 31.2 Å². The van der Waals surface area contributed by atoms with E-state index in [2.05, 4.69) is 11.1 Å². The lowest BCUT2D eigenvalue weighted by atomic mass is 10.2. The quantitative estimate of drug-likeness (QED) is 0.518. The lowest BCUT2D eigenvalue weighted by molar-refractivity contribution is 0.411. The predicted molar refractivity (Wildman–Crippen MR) is 99.4 cm³/mol. The minimum absolute atomic E-state index is 0.139. The van der Waals surface area contributed by atoms with Gasteiger partial charge in [-0.15, -0.1) is 0 Å². The second-order valence-electron chi connectivity index (χ2n) is 5.57. The molecule has 5 nitrogen and oxygen atoms in total. The van der Waals surface area contributed by atoms with Gasteiger partial charge in [0.05, 0.1) is 35.7 Å². The van der Waals surface area contributed by atoms with Crippen LogP contribution in [0.2, 0.25) is 0 Å². The highest BCUT2D eigenvalue weighted by molar-refractivity contribution is 7.99. The molecular formula is C19H17N3O2S. The van der Waals surface area contributed by atoms with Gasteiger partial charge >= 0.3 is 0 Å². The Labute approximate surface area is 149 Å². The Kier molecular flexibility index (Phi) is 5.05. The first kappa shape index (κ1) is 17.1. The molecule has 0 amide bonds. The number of para-hydroxylation sites is 3. The number of rotatable bonds is 5. The first-order valence-corrected chi connectivity index (χ1v) is 8.82. The van der Waals surface area contributed by atoms with Gasteiger partial charge in [0.25, 0.3) is 5.56 Å². The Balaban J connectivity index is 2.25. The molecule has 6 heteroatoms. The summed E-state index contributed by atoms with van der Waals surface area (Å²) in [6.07, 6.45) is 0. The van der Waals surface area contributed by atoms with E-state index in [9.17, 15) is 4.79 Å². The smallest absolute Gasteiger partial charge is 0.266 e. The molecule has 0 radical (unpaired) electrons. The molecule has 2 aromatic carbocycles. The van der Waals surface area contributed by atoms with E-state index in [-0.39, 0.29) is 11.5 Å². The van der Waals surface area contributed by atoms with Gasteiger partial charge < -0.3 is 4.74 Å². The number of nitriles is 1. The number of ether oxygens (including phenoxy) is 1. The van der Waals surface area contributed by atoms with Gasteiger partial charge in [0.1, 0.15) is 5.75 Å². The normalized spacial score (nSPS) is 11.9. The van der Waals surface area contributed by atoms with Crippen LogP contribution in [0.4, 0.5) is 0 Å². The van der Waals surface area contributed by atoms with Crippen LogP contribution >= 0.6 is 11.8 Å². The molecule has 3 rings (SSSR count). The minimum Gasteiger partial charge on any atom is -0.495 e.